The van der Waals surface area contributed by atoms with Gasteiger partial charge in [0.15, 0.2) is 0 Å². The second-order valence-corrected chi connectivity index (χ2v) is 4.31. The van der Waals surface area contributed by atoms with Crippen LogP contribution in [0.3, 0.4) is 0 Å². The van der Waals surface area contributed by atoms with Gasteiger partial charge in [0, 0.05) is 13.0 Å². The van der Waals surface area contributed by atoms with Gasteiger partial charge in [-0.15, -0.1) is 0 Å². The van der Waals surface area contributed by atoms with E-state index in [4.69, 9.17) is 15.2 Å². The molecular formula is C10H19NO3. The third kappa shape index (κ3) is 2.45. The first kappa shape index (κ1) is 11.5. The summed E-state index contributed by atoms with van der Waals surface area (Å²) in [4.78, 5) is 11.7. The van der Waals surface area contributed by atoms with Gasteiger partial charge in [-0.05, 0) is 12.8 Å². The lowest BCUT2D eigenvalue weighted by atomic mass is 10.0. The van der Waals surface area contributed by atoms with Gasteiger partial charge in [0.05, 0.1) is 6.61 Å². The monoisotopic (exact) mass is 201 g/mol. The van der Waals surface area contributed by atoms with Gasteiger partial charge in [-0.2, -0.15) is 0 Å². The van der Waals surface area contributed by atoms with Crippen molar-refractivity contribution in [3.63, 3.8) is 0 Å². The van der Waals surface area contributed by atoms with Crippen molar-refractivity contribution in [2.24, 2.45) is 11.7 Å². The normalized spacial score (nSPS) is 29.2. The Morgan fingerprint density at radius 3 is 2.57 bits per heavy atom. The highest BCUT2D eigenvalue weighted by Crippen LogP contribution is 2.19. The third-order valence-electron chi connectivity index (χ3n) is 2.69. The smallest absolute Gasteiger partial charge is 0.328 e. The number of rotatable bonds is 3. The number of carbonyl (C=O) groups is 1. The van der Waals surface area contributed by atoms with Crippen LogP contribution in [0.25, 0.3) is 0 Å². The van der Waals surface area contributed by atoms with Crippen LogP contribution >= 0.6 is 0 Å². The van der Waals surface area contributed by atoms with E-state index in [0.29, 0.717) is 18.9 Å². The molecule has 4 nitrogen and oxygen atoms in total. The molecule has 0 aromatic carbocycles. The molecule has 1 aliphatic rings. The van der Waals surface area contributed by atoms with Crippen molar-refractivity contribution >= 4 is 5.97 Å². The highest BCUT2D eigenvalue weighted by molar-refractivity contribution is 5.81. The molecule has 1 saturated heterocycles. The molecule has 0 saturated carbocycles. The van der Waals surface area contributed by atoms with Gasteiger partial charge in [-0.25, -0.2) is 4.79 Å². The molecule has 0 amide bonds. The molecule has 14 heavy (non-hydrogen) atoms. The van der Waals surface area contributed by atoms with Crippen molar-refractivity contribution in [2.75, 3.05) is 13.2 Å². The average molecular weight is 201 g/mol. The summed E-state index contributed by atoms with van der Waals surface area (Å²) >= 11 is 0. The Balaban J connectivity index is 2.49. The van der Waals surface area contributed by atoms with Gasteiger partial charge in [-0.1, -0.05) is 13.8 Å². The Bertz CT molecular complexity index is 209. The van der Waals surface area contributed by atoms with Crippen LogP contribution in [-0.2, 0) is 14.3 Å². The lowest BCUT2D eigenvalue weighted by Crippen LogP contribution is -2.50. The van der Waals surface area contributed by atoms with Gasteiger partial charge >= 0.3 is 5.97 Å². The molecule has 1 heterocycles. The summed E-state index contributed by atoms with van der Waals surface area (Å²) < 4.78 is 10.4. The van der Waals surface area contributed by atoms with Crippen LogP contribution in [0.4, 0.5) is 0 Å². The summed E-state index contributed by atoms with van der Waals surface area (Å²) in [5, 5.41) is 0. The van der Waals surface area contributed by atoms with Crippen LogP contribution in [0.5, 0.6) is 0 Å². The van der Waals surface area contributed by atoms with E-state index in [-0.39, 0.29) is 18.7 Å². The van der Waals surface area contributed by atoms with E-state index in [1.807, 2.05) is 20.8 Å². The zero-order valence-electron chi connectivity index (χ0n) is 9.08. The molecule has 0 radical (unpaired) electrons. The largest absolute Gasteiger partial charge is 0.461 e. The second-order valence-electron chi connectivity index (χ2n) is 4.31. The molecular weight excluding hydrogens is 182 g/mol. The van der Waals surface area contributed by atoms with Crippen molar-refractivity contribution in [3.8, 4) is 0 Å². The molecule has 0 aliphatic carbocycles. The summed E-state index contributed by atoms with van der Waals surface area (Å²) in [6.07, 6.45) is 0.458. The quantitative estimate of drug-likeness (QED) is 0.682. The summed E-state index contributed by atoms with van der Waals surface area (Å²) in [6.45, 7) is 6.71. The highest BCUT2D eigenvalue weighted by atomic mass is 16.6. The molecule has 1 fully saturated rings. The van der Waals surface area contributed by atoms with Gasteiger partial charge in [0.1, 0.15) is 11.6 Å². The molecule has 2 unspecified atom stereocenters. The van der Waals surface area contributed by atoms with Crippen LogP contribution in [0.15, 0.2) is 0 Å². The van der Waals surface area contributed by atoms with Crippen LogP contribution in [0.2, 0.25) is 0 Å². The fraction of sp³-hybridized carbons (Fsp3) is 0.900. The van der Waals surface area contributed by atoms with Crippen LogP contribution < -0.4 is 5.73 Å². The number of hydrogen-bond donors (Lipinski definition) is 1. The van der Waals surface area contributed by atoms with Crippen molar-refractivity contribution in [1.82, 2.24) is 0 Å². The number of nitrogens with two attached hydrogens (primary N) is 1. The maximum atomic E-state index is 11.7. The average Bonchev–Trinajstić information content (AvgIpc) is 2.53. The standard InChI is InChI=1S/C10H19NO3/c1-7(2)8(3)14-9(12)10(11)4-5-13-6-10/h7-8H,4-6,11H2,1-3H3. The zero-order valence-corrected chi connectivity index (χ0v) is 9.08. The number of hydrogen-bond acceptors (Lipinski definition) is 4. The Hall–Kier alpha value is -0.610. The lowest BCUT2D eigenvalue weighted by molar-refractivity contribution is -0.156. The van der Waals surface area contributed by atoms with Crippen molar-refractivity contribution in [1.29, 1.82) is 0 Å². The lowest BCUT2D eigenvalue weighted by Gasteiger charge is -2.24. The summed E-state index contributed by atoms with van der Waals surface area (Å²) in [7, 11) is 0. The van der Waals surface area contributed by atoms with E-state index in [2.05, 4.69) is 0 Å². The minimum atomic E-state index is -0.914. The van der Waals surface area contributed by atoms with Gasteiger partial charge < -0.3 is 15.2 Å². The van der Waals surface area contributed by atoms with Crippen LogP contribution in [-0.4, -0.2) is 30.8 Å². The maximum absolute atomic E-state index is 11.7. The van der Waals surface area contributed by atoms with E-state index < -0.39 is 5.54 Å². The topological polar surface area (TPSA) is 61.5 Å². The fourth-order valence-electron chi connectivity index (χ4n) is 1.16. The fourth-order valence-corrected chi connectivity index (χ4v) is 1.16. The Morgan fingerprint density at radius 1 is 1.50 bits per heavy atom. The van der Waals surface area contributed by atoms with Crippen molar-refractivity contribution in [3.05, 3.63) is 0 Å². The molecule has 0 aromatic heterocycles. The molecule has 4 heteroatoms. The second kappa shape index (κ2) is 4.28. The summed E-state index contributed by atoms with van der Waals surface area (Å²) in [5.41, 5.74) is 4.94. The molecule has 1 aliphatic heterocycles. The first-order valence-electron chi connectivity index (χ1n) is 5.03. The number of ether oxygens (including phenoxy) is 2. The highest BCUT2D eigenvalue weighted by Gasteiger charge is 2.40. The van der Waals surface area contributed by atoms with E-state index in [9.17, 15) is 4.79 Å². The van der Waals surface area contributed by atoms with E-state index in [1.165, 1.54) is 0 Å². The Kier molecular flexibility index (Phi) is 3.50. The van der Waals surface area contributed by atoms with E-state index in [0.717, 1.165) is 0 Å². The molecule has 82 valence electrons. The minimum absolute atomic E-state index is 0.0940. The SMILES string of the molecule is CC(C)C(C)OC(=O)C1(N)CCOC1. The van der Waals surface area contributed by atoms with Gasteiger partial charge in [0.25, 0.3) is 0 Å². The molecule has 0 bridgehead atoms. The minimum Gasteiger partial charge on any atom is -0.461 e. The number of esters is 1. The molecule has 0 spiro atoms. The number of carbonyl (C=O) groups excluding carboxylic acids is 1. The Labute approximate surface area is 84.7 Å². The predicted octanol–water partition coefficient (Wildman–Crippen LogP) is 0.692. The molecule has 0 aromatic rings. The zero-order chi connectivity index (χ0) is 10.8. The van der Waals surface area contributed by atoms with Crippen LogP contribution in [0, 0.1) is 5.92 Å². The molecule has 1 rings (SSSR count). The summed E-state index contributed by atoms with van der Waals surface area (Å²) in [6, 6.07) is 0. The first-order valence-corrected chi connectivity index (χ1v) is 5.03. The predicted molar refractivity (Wildman–Crippen MR) is 52.7 cm³/mol. The van der Waals surface area contributed by atoms with E-state index >= 15 is 0 Å². The van der Waals surface area contributed by atoms with Crippen LogP contribution in [0.1, 0.15) is 27.2 Å². The van der Waals surface area contributed by atoms with Gasteiger partial charge in [-0.3, -0.25) is 0 Å². The first-order chi connectivity index (χ1) is 6.46. The van der Waals surface area contributed by atoms with Crippen molar-refractivity contribution < 1.29 is 14.3 Å². The third-order valence-corrected chi connectivity index (χ3v) is 2.69. The van der Waals surface area contributed by atoms with E-state index in [1.54, 1.807) is 0 Å². The summed E-state index contributed by atoms with van der Waals surface area (Å²) in [5.74, 6) is -0.0268. The maximum Gasteiger partial charge on any atom is 0.328 e. The molecule has 2 N–H and O–H groups in total. The van der Waals surface area contributed by atoms with Gasteiger partial charge in [0.2, 0.25) is 0 Å². The molecule has 2 atom stereocenters. The Morgan fingerprint density at radius 2 is 2.14 bits per heavy atom. The van der Waals surface area contributed by atoms with Crippen molar-refractivity contribution in [2.45, 2.75) is 38.8 Å².